The minimum absolute atomic E-state index is 0.146. The molecular weight excluding hydrogens is 332 g/mol. The Bertz CT molecular complexity index is 603. The van der Waals surface area contributed by atoms with Gasteiger partial charge in [0.1, 0.15) is 0 Å². The lowest BCUT2D eigenvalue weighted by atomic mass is 10.2. The molecular formula is C13H10BrClN2S. The second-order valence-electron chi connectivity index (χ2n) is 3.84. The third-order valence-electron chi connectivity index (χ3n) is 2.48. The normalized spacial score (nSPS) is 11.9. The van der Waals surface area contributed by atoms with Crippen LogP contribution in [0, 0.1) is 11.3 Å². The smallest absolute Gasteiger partial charge is 0.0992 e. The predicted octanol–water partition coefficient (Wildman–Crippen LogP) is 5.21. The summed E-state index contributed by atoms with van der Waals surface area (Å²) in [6, 6.07) is 9.54. The fourth-order valence-electron chi connectivity index (χ4n) is 1.57. The Kier molecular flexibility index (Phi) is 4.28. The zero-order chi connectivity index (χ0) is 13.1. The van der Waals surface area contributed by atoms with Crippen LogP contribution < -0.4 is 5.32 Å². The minimum Gasteiger partial charge on any atom is -0.376 e. The van der Waals surface area contributed by atoms with Gasteiger partial charge in [0.2, 0.25) is 0 Å². The highest BCUT2D eigenvalue weighted by Gasteiger charge is 2.10. The van der Waals surface area contributed by atoms with Gasteiger partial charge in [0, 0.05) is 14.7 Å². The Labute approximate surface area is 123 Å². The van der Waals surface area contributed by atoms with Crippen molar-refractivity contribution in [2.75, 3.05) is 5.32 Å². The highest BCUT2D eigenvalue weighted by molar-refractivity contribution is 9.10. The maximum Gasteiger partial charge on any atom is 0.0992 e. The summed E-state index contributed by atoms with van der Waals surface area (Å²) in [6.45, 7) is 2.06. The molecule has 2 aromatic rings. The van der Waals surface area contributed by atoms with Gasteiger partial charge in [0.15, 0.2) is 0 Å². The topological polar surface area (TPSA) is 35.8 Å². The maximum absolute atomic E-state index is 8.88. The molecule has 2 nitrogen and oxygen atoms in total. The van der Waals surface area contributed by atoms with E-state index in [2.05, 4.69) is 40.3 Å². The molecule has 0 fully saturated rings. The first-order valence-corrected chi connectivity index (χ1v) is 7.35. The molecule has 92 valence electrons. The second kappa shape index (κ2) is 5.75. The molecule has 5 heteroatoms. The number of hydrogen-bond acceptors (Lipinski definition) is 3. The van der Waals surface area contributed by atoms with E-state index < -0.39 is 0 Å². The number of nitrogens with one attached hydrogen (secondary N) is 1. The van der Waals surface area contributed by atoms with Gasteiger partial charge in [-0.3, -0.25) is 0 Å². The first kappa shape index (κ1) is 13.4. The minimum atomic E-state index is 0.146. The van der Waals surface area contributed by atoms with Crippen LogP contribution in [0.1, 0.15) is 23.4 Å². The molecule has 0 bridgehead atoms. The quantitative estimate of drug-likeness (QED) is 0.832. The van der Waals surface area contributed by atoms with Gasteiger partial charge in [-0.05, 0) is 47.1 Å². The van der Waals surface area contributed by atoms with Crippen molar-refractivity contribution in [3.8, 4) is 6.07 Å². The van der Waals surface area contributed by atoms with Crippen LogP contribution in [0.15, 0.2) is 34.1 Å². The molecule has 0 spiro atoms. The Morgan fingerprint density at radius 3 is 2.83 bits per heavy atom. The van der Waals surface area contributed by atoms with Gasteiger partial charge in [-0.1, -0.05) is 11.6 Å². The van der Waals surface area contributed by atoms with E-state index in [0.29, 0.717) is 10.6 Å². The lowest BCUT2D eigenvalue weighted by Gasteiger charge is -2.15. The zero-order valence-electron chi connectivity index (χ0n) is 9.58. The average molecular weight is 342 g/mol. The molecule has 0 radical (unpaired) electrons. The number of nitriles is 1. The summed E-state index contributed by atoms with van der Waals surface area (Å²) < 4.78 is 1.08. The van der Waals surface area contributed by atoms with Crippen molar-refractivity contribution < 1.29 is 0 Å². The van der Waals surface area contributed by atoms with Gasteiger partial charge < -0.3 is 5.32 Å². The van der Waals surface area contributed by atoms with Gasteiger partial charge in [-0.15, -0.1) is 11.3 Å². The Morgan fingerprint density at radius 2 is 2.22 bits per heavy atom. The molecule has 1 unspecified atom stereocenters. The first-order valence-electron chi connectivity index (χ1n) is 5.30. The van der Waals surface area contributed by atoms with Gasteiger partial charge >= 0.3 is 0 Å². The zero-order valence-corrected chi connectivity index (χ0v) is 12.7. The van der Waals surface area contributed by atoms with Gasteiger partial charge in [-0.2, -0.15) is 5.26 Å². The van der Waals surface area contributed by atoms with Crippen LogP contribution in [0.5, 0.6) is 0 Å². The van der Waals surface area contributed by atoms with Crippen molar-refractivity contribution in [1.82, 2.24) is 0 Å². The number of anilines is 1. The number of rotatable bonds is 3. The van der Waals surface area contributed by atoms with Crippen molar-refractivity contribution in [2.45, 2.75) is 13.0 Å². The van der Waals surface area contributed by atoms with Crippen molar-refractivity contribution in [1.29, 1.82) is 5.26 Å². The van der Waals surface area contributed by atoms with Crippen LogP contribution in [0.3, 0.4) is 0 Å². The van der Waals surface area contributed by atoms with Crippen LogP contribution in [0.25, 0.3) is 0 Å². The van der Waals surface area contributed by atoms with Crippen LogP contribution >= 0.6 is 38.9 Å². The summed E-state index contributed by atoms with van der Waals surface area (Å²) in [4.78, 5) is 1.21. The van der Waals surface area contributed by atoms with E-state index in [1.54, 1.807) is 29.5 Å². The summed E-state index contributed by atoms with van der Waals surface area (Å²) in [5.41, 5.74) is 1.38. The molecule has 18 heavy (non-hydrogen) atoms. The van der Waals surface area contributed by atoms with Crippen LogP contribution in [-0.2, 0) is 0 Å². The molecule has 1 N–H and O–H groups in total. The van der Waals surface area contributed by atoms with Gasteiger partial charge in [0.25, 0.3) is 0 Å². The molecule has 0 saturated heterocycles. The summed E-state index contributed by atoms with van der Waals surface area (Å²) >= 11 is 11.2. The number of benzene rings is 1. The largest absolute Gasteiger partial charge is 0.376 e. The highest BCUT2D eigenvalue weighted by Crippen LogP contribution is 2.31. The molecule has 0 aliphatic carbocycles. The predicted molar refractivity (Wildman–Crippen MR) is 80.2 cm³/mol. The summed E-state index contributed by atoms with van der Waals surface area (Å²) in [7, 11) is 0. The fourth-order valence-corrected chi connectivity index (χ4v) is 3.19. The van der Waals surface area contributed by atoms with Crippen molar-refractivity contribution in [2.24, 2.45) is 0 Å². The lowest BCUT2D eigenvalue weighted by Crippen LogP contribution is -2.05. The summed E-state index contributed by atoms with van der Waals surface area (Å²) in [5, 5.41) is 14.9. The molecule has 0 saturated carbocycles. The molecule has 0 aliphatic rings. The van der Waals surface area contributed by atoms with E-state index in [-0.39, 0.29) is 6.04 Å². The van der Waals surface area contributed by atoms with Crippen molar-refractivity contribution in [3.05, 3.63) is 49.6 Å². The van der Waals surface area contributed by atoms with Crippen molar-refractivity contribution >= 4 is 44.6 Å². The molecule has 2 rings (SSSR count). The van der Waals surface area contributed by atoms with E-state index >= 15 is 0 Å². The Balaban J connectivity index is 2.21. The molecule has 0 aliphatic heterocycles. The number of halogens is 2. The van der Waals surface area contributed by atoms with Crippen molar-refractivity contribution in [3.63, 3.8) is 0 Å². The Hall–Kier alpha value is -1.02. The van der Waals surface area contributed by atoms with E-state index in [0.717, 1.165) is 10.2 Å². The standard InChI is InChI=1S/C13H10BrClN2S/c1-8(13-5-10(14)7-18-13)17-12-4-9(6-16)2-3-11(12)15/h2-5,7-8,17H,1H3. The SMILES string of the molecule is CC(Nc1cc(C#N)ccc1Cl)c1cc(Br)cs1. The molecule has 1 aromatic carbocycles. The first-order chi connectivity index (χ1) is 8.60. The van der Waals surface area contributed by atoms with E-state index in [1.165, 1.54) is 4.88 Å². The number of thiophene rings is 1. The average Bonchev–Trinajstić information content (AvgIpc) is 2.79. The van der Waals surface area contributed by atoms with E-state index in [9.17, 15) is 0 Å². The Morgan fingerprint density at radius 1 is 1.44 bits per heavy atom. The van der Waals surface area contributed by atoms with Crippen LogP contribution in [0.2, 0.25) is 5.02 Å². The van der Waals surface area contributed by atoms with Crippen LogP contribution in [-0.4, -0.2) is 0 Å². The summed E-state index contributed by atoms with van der Waals surface area (Å²) in [6.07, 6.45) is 0. The molecule has 1 aromatic heterocycles. The fraction of sp³-hybridized carbons (Fsp3) is 0.154. The highest BCUT2D eigenvalue weighted by atomic mass is 79.9. The second-order valence-corrected chi connectivity index (χ2v) is 6.11. The lowest BCUT2D eigenvalue weighted by molar-refractivity contribution is 0.907. The van der Waals surface area contributed by atoms with Gasteiger partial charge in [0.05, 0.1) is 28.4 Å². The number of hydrogen-bond donors (Lipinski definition) is 1. The van der Waals surface area contributed by atoms with E-state index in [4.69, 9.17) is 16.9 Å². The number of nitrogens with zero attached hydrogens (tertiary/aromatic N) is 1. The monoisotopic (exact) mass is 340 g/mol. The van der Waals surface area contributed by atoms with E-state index in [1.807, 2.05) is 5.38 Å². The maximum atomic E-state index is 8.88. The third-order valence-corrected chi connectivity index (χ3v) is 4.69. The summed E-state index contributed by atoms with van der Waals surface area (Å²) in [5.74, 6) is 0. The molecule has 1 heterocycles. The molecule has 1 atom stereocenters. The molecule has 0 amide bonds. The van der Waals surface area contributed by atoms with Crippen LogP contribution in [0.4, 0.5) is 5.69 Å². The third kappa shape index (κ3) is 3.05. The van der Waals surface area contributed by atoms with Gasteiger partial charge in [-0.25, -0.2) is 0 Å².